The summed E-state index contributed by atoms with van der Waals surface area (Å²) in [7, 11) is 1.47. The molecule has 0 spiro atoms. The van der Waals surface area contributed by atoms with Gasteiger partial charge in [-0.05, 0) is 6.92 Å². The van der Waals surface area contributed by atoms with Crippen LogP contribution in [0.4, 0.5) is 0 Å². The molecular formula is C10H8N2O2. The Kier molecular flexibility index (Phi) is 2.31. The van der Waals surface area contributed by atoms with Crippen LogP contribution in [0.1, 0.15) is 11.3 Å². The summed E-state index contributed by atoms with van der Waals surface area (Å²) in [5, 5.41) is 0. The van der Waals surface area contributed by atoms with Gasteiger partial charge in [0.25, 0.3) is 5.56 Å². The molecular weight excluding hydrogens is 180 g/mol. The average Bonchev–Trinajstić information content (AvgIpc) is 2.17. The summed E-state index contributed by atoms with van der Waals surface area (Å²) in [6.07, 6.45) is 10.2. The van der Waals surface area contributed by atoms with Gasteiger partial charge in [0.1, 0.15) is 5.69 Å². The molecule has 1 rings (SSSR count). The molecule has 70 valence electrons. The minimum absolute atomic E-state index is 0.256. The smallest absolute Gasteiger partial charge is 0.288 e. The van der Waals surface area contributed by atoms with E-state index in [0.29, 0.717) is 10.1 Å². The van der Waals surface area contributed by atoms with Gasteiger partial charge >= 0.3 is 5.69 Å². The number of aromatic nitrogens is 2. The maximum absolute atomic E-state index is 11.5. The molecule has 14 heavy (non-hydrogen) atoms. The topological polar surface area (TPSA) is 44.0 Å². The summed E-state index contributed by atoms with van der Waals surface area (Å²) >= 11 is 0. The first kappa shape index (κ1) is 9.88. The maximum Gasteiger partial charge on any atom is 0.343 e. The molecule has 4 heteroatoms. The van der Waals surface area contributed by atoms with Gasteiger partial charge in [-0.2, -0.15) is 4.57 Å². The van der Waals surface area contributed by atoms with Crippen molar-refractivity contribution in [2.75, 3.05) is 0 Å². The van der Waals surface area contributed by atoms with E-state index in [1.165, 1.54) is 18.5 Å². The van der Waals surface area contributed by atoms with Crippen molar-refractivity contribution in [2.24, 2.45) is 7.05 Å². The summed E-state index contributed by atoms with van der Waals surface area (Å²) in [6.45, 7) is 1.53. The molecule has 0 atom stereocenters. The number of hydrogen-bond donors (Lipinski definition) is 0. The quantitative estimate of drug-likeness (QED) is 0.504. The van der Waals surface area contributed by atoms with Gasteiger partial charge in [-0.3, -0.25) is 9.36 Å². The number of nitrogens with zero attached hydrogens (tertiary/aromatic N) is 2. The Morgan fingerprint density at radius 3 is 2.29 bits per heavy atom. The van der Waals surface area contributed by atoms with Crippen molar-refractivity contribution < 1.29 is 0 Å². The Hall–Kier alpha value is -2.20. The lowest BCUT2D eigenvalue weighted by Gasteiger charge is -2.06. The third-order valence-electron chi connectivity index (χ3n) is 1.96. The molecule has 0 aliphatic heterocycles. The molecule has 0 bridgehead atoms. The molecule has 0 amide bonds. The molecule has 0 radical (unpaired) electrons. The van der Waals surface area contributed by atoms with Gasteiger partial charge in [-0.1, -0.05) is 12.3 Å². The number of terminal acetylenes is 2. The van der Waals surface area contributed by atoms with Crippen molar-refractivity contribution in [3.63, 3.8) is 0 Å². The summed E-state index contributed by atoms with van der Waals surface area (Å²) in [5.74, 6) is 2.28. The zero-order valence-electron chi connectivity index (χ0n) is 7.87. The van der Waals surface area contributed by atoms with E-state index in [-0.39, 0.29) is 5.69 Å². The van der Waals surface area contributed by atoms with Crippen molar-refractivity contribution in [3.05, 3.63) is 32.1 Å². The highest BCUT2D eigenvalue weighted by Crippen LogP contribution is 1.95. The van der Waals surface area contributed by atoms with Crippen molar-refractivity contribution in [2.45, 2.75) is 6.92 Å². The summed E-state index contributed by atoms with van der Waals surface area (Å²) in [4.78, 5) is 22.9. The van der Waals surface area contributed by atoms with Crippen LogP contribution in [0.5, 0.6) is 0 Å². The maximum atomic E-state index is 11.5. The molecule has 0 aliphatic carbocycles. The molecule has 0 aliphatic rings. The largest absolute Gasteiger partial charge is 0.343 e. The van der Waals surface area contributed by atoms with Gasteiger partial charge in [0, 0.05) is 18.7 Å². The molecule has 0 unspecified atom stereocenters. The van der Waals surface area contributed by atoms with Gasteiger partial charge in [0.2, 0.25) is 0 Å². The SMILES string of the molecule is C#Cc1c(C)c(=O)n(C#C)c(=O)n1C. The molecule has 0 aromatic carbocycles. The molecule has 0 saturated heterocycles. The summed E-state index contributed by atoms with van der Waals surface area (Å²) in [6, 6.07) is 2.00. The van der Waals surface area contributed by atoms with Crippen molar-refractivity contribution in [3.8, 4) is 24.8 Å². The fraction of sp³-hybridized carbons (Fsp3) is 0.200. The third kappa shape index (κ3) is 1.14. The van der Waals surface area contributed by atoms with Crippen LogP contribution in [0.25, 0.3) is 0 Å². The van der Waals surface area contributed by atoms with Crippen LogP contribution in [0.15, 0.2) is 9.59 Å². The third-order valence-corrected chi connectivity index (χ3v) is 1.96. The predicted octanol–water partition coefficient (Wildman–Crippen LogP) is -0.724. The van der Waals surface area contributed by atoms with E-state index in [1.54, 1.807) is 0 Å². The van der Waals surface area contributed by atoms with E-state index in [2.05, 4.69) is 5.92 Å². The van der Waals surface area contributed by atoms with Gasteiger partial charge < -0.3 is 0 Å². The first-order chi connectivity index (χ1) is 6.54. The first-order valence-corrected chi connectivity index (χ1v) is 3.80. The van der Waals surface area contributed by atoms with Crippen molar-refractivity contribution >= 4 is 0 Å². The number of rotatable bonds is 0. The van der Waals surface area contributed by atoms with E-state index in [9.17, 15) is 9.59 Å². The van der Waals surface area contributed by atoms with Crippen LogP contribution < -0.4 is 11.2 Å². The average molecular weight is 188 g/mol. The zero-order valence-corrected chi connectivity index (χ0v) is 7.87. The molecule has 1 heterocycles. The Morgan fingerprint density at radius 2 is 1.86 bits per heavy atom. The Balaban J connectivity index is 3.98. The van der Waals surface area contributed by atoms with Crippen LogP contribution in [-0.4, -0.2) is 9.13 Å². The van der Waals surface area contributed by atoms with Crippen LogP contribution >= 0.6 is 0 Å². The van der Waals surface area contributed by atoms with Gasteiger partial charge in [-0.15, -0.1) is 6.42 Å². The van der Waals surface area contributed by atoms with Crippen molar-refractivity contribution in [1.29, 1.82) is 0 Å². The van der Waals surface area contributed by atoms with E-state index in [4.69, 9.17) is 12.8 Å². The van der Waals surface area contributed by atoms with Crippen molar-refractivity contribution in [1.82, 2.24) is 9.13 Å². The van der Waals surface area contributed by atoms with Gasteiger partial charge in [0.15, 0.2) is 0 Å². The monoisotopic (exact) mass is 188 g/mol. The molecule has 0 saturated carbocycles. The fourth-order valence-electron chi connectivity index (χ4n) is 1.17. The van der Waals surface area contributed by atoms with E-state index in [0.717, 1.165) is 0 Å². The molecule has 1 aromatic rings. The fourth-order valence-corrected chi connectivity index (χ4v) is 1.17. The highest BCUT2D eigenvalue weighted by Gasteiger charge is 2.10. The second-order valence-corrected chi connectivity index (χ2v) is 2.73. The highest BCUT2D eigenvalue weighted by molar-refractivity contribution is 5.32. The predicted molar refractivity (Wildman–Crippen MR) is 52.8 cm³/mol. The second-order valence-electron chi connectivity index (χ2n) is 2.73. The normalized spacial score (nSPS) is 9.14. The van der Waals surface area contributed by atoms with E-state index in [1.807, 2.05) is 6.04 Å². The lowest BCUT2D eigenvalue weighted by molar-refractivity contribution is 0.730. The minimum Gasteiger partial charge on any atom is -0.288 e. The molecule has 0 fully saturated rings. The molecule has 1 aromatic heterocycles. The molecule has 4 nitrogen and oxygen atoms in total. The Bertz CT molecular complexity index is 539. The van der Waals surface area contributed by atoms with Gasteiger partial charge in [0.05, 0.1) is 0 Å². The summed E-state index contributed by atoms with van der Waals surface area (Å²) in [5.41, 5.74) is -0.585. The zero-order chi connectivity index (χ0) is 10.9. The summed E-state index contributed by atoms with van der Waals surface area (Å²) < 4.78 is 1.87. The molecule has 0 N–H and O–H groups in total. The highest BCUT2D eigenvalue weighted by atomic mass is 16.2. The van der Waals surface area contributed by atoms with Crippen LogP contribution in [0.2, 0.25) is 0 Å². The van der Waals surface area contributed by atoms with Crippen LogP contribution in [-0.2, 0) is 7.05 Å². The minimum atomic E-state index is -0.601. The lowest BCUT2D eigenvalue weighted by atomic mass is 10.2. The standard InChI is InChI=1S/C10H8N2O2/c1-5-8-7(3)9(13)12(6-2)10(14)11(8)4/h1-2H,3-4H3. The lowest BCUT2D eigenvalue weighted by Crippen LogP contribution is -2.39. The second kappa shape index (κ2) is 3.27. The van der Waals surface area contributed by atoms with Crippen LogP contribution in [0.3, 0.4) is 0 Å². The first-order valence-electron chi connectivity index (χ1n) is 3.80. The number of hydrogen-bond acceptors (Lipinski definition) is 2. The van der Waals surface area contributed by atoms with Gasteiger partial charge in [-0.25, -0.2) is 4.79 Å². The van der Waals surface area contributed by atoms with E-state index >= 15 is 0 Å². The van der Waals surface area contributed by atoms with E-state index < -0.39 is 11.2 Å². The van der Waals surface area contributed by atoms with Crippen LogP contribution in [0, 0.1) is 31.7 Å². The Morgan fingerprint density at radius 1 is 1.29 bits per heavy atom. The Labute approximate surface area is 80.8 Å².